The van der Waals surface area contributed by atoms with Gasteiger partial charge in [0.2, 0.25) is 23.6 Å². The van der Waals surface area contributed by atoms with Crippen molar-refractivity contribution in [2.45, 2.75) is 83.0 Å². The molecule has 0 spiro atoms. The standard InChI is InChI=1S/C24H37N7O5/c1-24(2,3)20(31-13-16(27-28-31)14-7-8-14)23(36)30-12-15(32)10-18(30)22(35)26-11-19(33)29-9-5-6-17(29)21(34)25-4/h13-15,17-18,20,32H,5-12H2,1-4H3,(H,25,34)(H,26,35)/t15-,17?,18+,20-/m1/s1. The number of nitrogens with zero attached hydrogens (tertiary/aromatic N) is 5. The molecule has 3 heterocycles. The van der Waals surface area contributed by atoms with Gasteiger partial charge in [0.15, 0.2) is 0 Å². The Hall–Kier alpha value is -3.02. The maximum atomic E-state index is 13.8. The van der Waals surface area contributed by atoms with Crippen LogP contribution in [0.2, 0.25) is 0 Å². The first-order valence-electron chi connectivity index (χ1n) is 12.7. The molecule has 0 radical (unpaired) electrons. The average molecular weight is 504 g/mol. The summed E-state index contributed by atoms with van der Waals surface area (Å²) in [5.74, 6) is -1.02. The first-order valence-corrected chi connectivity index (χ1v) is 12.7. The number of aliphatic hydroxyl groups excluding tert-OH is 1. The summed E-state index contributed by atoms with van der Waals surface area (Å²) in [6.07, 6.45) is 4.46. The third-order valence-corrected chi connectivity index (χ3v) is 7.24. The van der Waals surface area contributed by atoms with E-state index in [1.54, 1.807) is 4.68 Å². The van der Waals surface area contributed by atoms with Crippen molar-refractivity contribution in [1.82, 2.24) is 35.4 Å². The van der Waals surface area contributed by atoms with E-state index in [2.05, 4.69) is 20.9 Å². The molecule has 4 amide bonds. The molecular formula is C24H37N7O5. The van der Waals surface area contributed by atoms with E-state index in [9.17, 15) is 24.3 Å². The molecule has 1 unspecified atom stereocenters. The van der Waals surface area contributed by atoms with Crippen LogP contribution in [0, 0.1) is 5.41 Å². The number of carbonyl (C=O) groups is 4. The molecule has 12 nitrogen and oxygen atoms in total. The topological polar surface area (TPSA) is 150 Å². The lowest BCUT2D eigenvalue weighted by Crippen LogP contribution is -2.53. The van der Waals surface area contributed by atoms with Crippen LogP contribution in [0.15, 0.2) is 6.20 Å². The van der Waals surface area contributed by atoms with Crippen molar-refractivity contribution in [3.05, 3.63) is 11.9 Å². The van der Waals surface area contributed by atoms with Crippen LogP contribution in [0.1, 0.15) is 70.5 Å². The van der Waals surface area contributed by atoms with Crippen LogP contribution < -0.4 is 10.6 Å². The van der Waals surface area contributed by atoms with Gasteiger partial charge in [-0.05, 0) is 31.1 Å². The summed E-state index contributed by atoms with van der Waals surface area (Å²) in [4.78, 5) is 54.5. The molecule has 4 rings (SSSR count). The zero-order valence-electron chi connectivity index (χ0n) is 21.4. The number of likely N-dealkylation sites (tertiary alicyclic amines) is 2. The molecular weight excluding hydrogens is 466 g/mol. The van der Waals surface area contributed by atoms with Gasteiger partial charge in [-0.1, -0.05) is 26.0 Å². The Bertz CT molecular complexity index is 1010. The molecule has 12 heteroatoms. The monoisotopic (exact) mass is 503 g/mol. The van der Waals surface area contributed by atoms with Crippen molar-refractivity contribution in [2.75, 3.05) is 26.7 Å². The van der Waals surface area contributed by atoms with Crippen LogP contribution >= 0.6 is 0 Å². The van der Waals surface area contributed by atoms with E-state index < -0.39 is 35.6 Å². The van der Waals surface area contributed by atoms with E-state index in [1.165, 1.54) is 16.8 Å². The Kier molecular flexibility index (Phi) is 7.35. The van der Waals surface area contributed by atoms with Crippen LogP contribution in [0.3, 0.4) is 0 Å². The molecule has 0 bridgehead atoms. The highest BCUT2D eigenvalue weighted by Gasteiger charge is 2.45. The average Bonchev–Trinajstić information content (AvgIpc) is 3.21. The Balaban J connectivity index is 1.44. The molecule has 1 saturated carbocycles. The second-order valence-electron chi connectivity index (χ2n) is 11.1. The Labute approximate surface area is 210 Å². The van der Waals surface area contributed by atoms with Crippen LogP contribution in [0.4, 0.5) is 0 Å². The second-order valence-corrected chi connectivity index (χ2v) is 11.1. The Morgan fingerprint density at radius 3 is 2.47 bits per heavy atom. The molecule has 3 N–H and O–H groups in total. The fourth-order valence-corrected chi connectivity index (χ4v) is 5.21. The molecule has 198 valence electrons. The van der Waals surface area contributed by atoms with Crippen molar-refractivity contribution in [1.29, 1.82) is 0 Å². The van der Waals surface area contributed by atoms with Gasteiger partial charge in [-0.2, -0.15) is 0 Å². The van der Waals surface area contributed by atoms with E-state index >= 15 is 0 Å². The van der Waals surface area contributed by atoms with Gasteiger partial charge >= 0.3 is 0 Å². The summed E-state index contributed by atoms with van der Waals surface area (Å²) in [7, 11) is 1.53. The largest absolute Gasteiger partial charge is 0.391 e. The highest BCUT2D eigenvalue weighted by Crippen LogP contribution is 2.40. The minimum Gasteiger partial charge on any atom is -0.391 e. The van der Waals surface area contributed by atoms with Crippen LogP contribution in [-0.4, -0.2) is 98.4 Å². The summed E-state index contributed by atoms with van der Waals surface area (Å²) in [5, 5.41) is 24.0. The molecule has 0 aromatic carbocycles. The third-order valence-electron chi connectivity index (χ3n) is 7.24. The molecule has 2 saturated heterocycles. The van der Waals surface area contributed by atoms with Gasteiger partial charge in [-0.25, -0.2) is 4.68 Å². The first-order chi connectivity index (χ1) is 17.0. The number of likely N-dealkylation sites (N-methyl/N-ethyl adjacent to an activating group) is 1. The van der Waals surface area contributed by atoms with E-state index in [4.69, 9.17) is 0 Å². The maximum Gasteiger partial charge on any atom is 0.248 e. The second kappa shape index (κ2) is 10.2. The van der Waals surface area contributed by atoms with E-state index in [0.717, 1.165) is 18.5 Å². The number of aromatic nitrogens is 3. The number of amides is 4. The molecule has 36 heavy (non-hydrogen) atoms. The summed E-state index contributed by atoms with van der Waals surface area (Å²) >= 11 is 0. The van der Waals surface area contributed by atoms with E-state index in [1.807, 2.05) is 27.0 Å². The van der Waals surface area contributed by atoms with Crippen molar-refractivity contribution < 1.29 is 24.3 Å². The molecule has 3 aliphatic rings. The van der Waals surface area contributed by atoms with E-state index in [-0.39, 0.29) is 37.2 Å². The van der Waals surface area contributed by atoms with Gasteiger partial charge in [-0.3, -0.25) is 19.2 Å². The lowest BCUT2D eigenvalue weighted by molar-refractivity contribution is -0.144. The van der Waals surface area contributed by atoms with Crippen molar-refractivity contribution in [3.63, 3.8) is 0 Å². The predicted octanol–water partition coefficient (Wildman–Crippen LogP) is -0.442. The Morgan fingerprint density at radius 2 is 1.83 bits per heavy atom. The minimum atomic E-state index is -0.912. The quantitative estimate of drug-likeness (QED) is 0.456. The fourth-order valence-electron chi connectivity index (χ4n) is 5.21. The minimum absolute atomic E-state index is 0.0203. The molecule has 4 atom stereocenters. The van der Waals surface area contributed by atoms with Gasteiger partial charge < -0.3 is 25.5 Å². The summed E-state index contributed by atoms with van der Waals surface area (Å²) < 4.78 is 1.57. The number of aliphatic hydroxyl groups is 1. The number of hydrogen-bond acceptors (Lipinski definition) is 7. The highest BCUT2D eigenvalue weighted by atomic mass is 16.3. The van der Waals surface area contributed by atoms with Crippen LogP contribution in [0.25, 0.3) is 0 Å². The van der Waals surface area contributed by atoms with Crippen LogP contribution in [0.5, 0.6) is 0 Å². The van der Waals surface area contributed by atoms with Gasteiger partial charge in [-0.15, -0.1) is 5.10 Å². The number of nitrogens with one attached hydrogen (secondary N) is 2. The number of rotatable bonds is 7. The molecule has 3 fully saturated rings. The van der Waals surface area contributed by atoms with Gasteiger partial charge in [0.25, 0.3) is 0 Å². The molecule has 1 aromatic heterocycles. The van der Waals surface area contributed by atoms with Crippen LogP contribution in [-0.2, 0) is 19.2 Å². The number of β-amino-alcohol motifs (C(OH)–C–C–N with tert-alkyl or cyclic N) is 1. The van der Waals surface area contributed by atoms with Crippen molar-refractivity contribution in [3.8, 4) is 0 Å². The van der Waals surface area contributed by atoms with Gasteiger partial charge in [0.05, 0.1) is 18.3 Å². The molecule has 1 aliphatic carbocycles. The number of carbonyl (C=O) groups excluding carboxylic acids is 4. The smallest absolute Gasteiger partial charge is 0.248 e. The number of hydrogen-bond donors (Lipinski definition) is 3. The molecule has 2 aliphatic heterocycles. The third kappa shape index (κ3) is 5.37. The zero-order valence-corrected chi connectivity index (χ0v) is 21.4. The SMILES string of the molecule is CNC(=O)C1CCCN1C(=O)CNC(=O)[C@@H]1C[C@@H](O)CN1C(=O)[C@@H](n1cc(C2CC2)nn1)C(C)(C)C. The first kappa shape index (κ1) is 26.1. The van der Waals surface area contributed by atoms with E-state index in [0.29, 0.717) is 25.3 Å². The predicted molar refractivity (Wildman–Crippen MR) is 128 cm³/mol. The van der Waals surface area contributed by atoms with Gasteiger partial charge in [0, 0.05) is 38.7 Å². The summed E-state index contributed by atoms with van der Waals surface area (Å²) in [5.41, 5.74) is 0.337. The molecule has 1 aromatic rings. The lowest BCUT2D eigenvalue weighted by atomic mass is 9.85. The fraction of sp³-hybridized carbons (Fsp3) is 0.750. The maximum absolute atomic E-state index is 13.8. The normalized spacial score (nSPS) is 25.1. The lowest BCUT2D eigenvalue weighted by Gasteiger charge is -2.34. The Morgan fingerprint density at radius 1 is 1.11 bits per heavy atom. The van der Waals surface area contributed by atoms with Gasteiger partial charge in [0.1, 0.15) is 18.1 Å². The highest BCUT2D eigenvalue weighted by molar-refractivity contribution is 5.93. The van der Waals surface area contributed by atoms with Crippen molar-refractivity contribution in [2.24, 2.45) is 5.41 Å². The summed E-state index contributed by atoms with van der Waals surface area (Å²) in [6.45, 7) is 5.96. The summed E-state index contributed by atoms with van der Waals surface area (Å²) in [6, 6.07) is -2.16. The van der Waals surface area contributed by atoms with Crippen molar-refractivity contribution >= 4 is 23.6 Å². The zero-order chi connectivity index (χ0) is 26.2.